The molecule has 0 unspecified atom stereocenters. The van der Waals surface area contributed by atoms with Gasteiger partial charge in [0, 0.05) is 4.88 Å². The second-order valence-corrected chi connectivity index (χ2v) is 9.76. The molecule has 1 amide bonds. The van der Waals surface area contributed by atoms with Crippen molar-refractivity contribution >= 4 is 39.2 Å². The molecule has 3 rings (SSSR count). The predicted octanol–water partition coefficient (Wildman–Crippen LogP) is 4.02. The van der Waals surface area contributed by atoms with Crippen LogP contribution in [0.5, 0.6) is 0 Å². The molecule has 6 nitrogen and oxygen atoms in total. The van der Waals surface area contributed by atoms with Crippen LogP contribution in [0.3, 0.4) is 0 Å². The zero-order chi connectivity index (χ0) is 21.7. The maximum Gasteiger partial charge on any atom is 0.264 e. The molecule has 3 aromatic rings. The molecule has 0 radical (unpaired) electrons. The Morgan fingerprint density at radius 1 is 1.07 bits per heavy atom. The van der Waals surface area contributed by atoms with Gasteiger partial charge in [-0.05, 0) is 61.5 Å². The van der Waals surface area contributed by atoms with E-state index >= 15 is 0 Å². The fourth-order valence-corrected chi connectivity index (χ4v) is 4.89. The highest BCUT2D eigenvalue weighted by Gasteiger charge is 2.28. The third-order valence-electron chi connectivity index (χ3n) is 4.45. The van der Waals surface area contributed by atoms with E-state index in [0.717, 1.165) is 25.9 Å². The molecular formula is C22H23N3O3S2. The number of hydrazone groups is 1. The molecule has 1 heterocycles. The molecule has 2 aromatic carbocycles. The van der Waals surface area contributed by atoms with Crippen molar-refractivity contribution in [2.75, 3.05) is 10.8 Å². The van der Waals surface area contributed by atoms with Crippen LogP contribution in [0.4, 0.5) is 5.69 Å². The van der Waals surface area contributed by atoms with Crippen LogP contribution in [0.1, 0.15) is 21.6 Å². The van der Waals surface area contributed by atoms with Gasteiger partial charge in [-0.15, -0.1) is 11.3 Å². The molecule has 0 saturated carbocycles. The van der Waals surface area contributed by atoms with Crippen molar-refractivity contribution in [3.63, 3.8) is 0 Å². The second-order valence-electron chi connectivity index (χ2n) is 6.92. The Kier molecular flexibility index (Phi) is 6.69. The van der Waals surface area contributed by atoms with Gasteiger partial charge >= 0.3 is 0 Å². The van der Waals surface area contributed by atoms with E-state index < -0.39 is 15.9 Å². The lowest BCUT2D eigenvalue weighted by atomic mass is 10.1. The van der Waals surface area contributed by atoms with Crippen LogP contribution in [0.15, 0.2) is 70.0 Å². The van der Waals surface area contributed by atoms with Gasteiger partial charge in [-0.3, -0.25) is 9.10 Å². The van der Waals surface area contributed by atoms with Crippen LogP contribution in [0.2, 0.25) is 0 Å². The van der Waals surface area contributed by atoms with Crippen LogP contribution in [-0.2, 0) is 14.8 Å². The van der Waals surface area contributed by atoms with E-state index in [2.05, 4.69) is 10.5 Å². The first kappa shape index (κ1) is 21.7. The fourth-order valence-electron chi connectivity index (χ4n) is 2.82. The first-order valence-corrected chi connectivity index (χ1v) is 11.6. The second kappa shape index (κ2) is 9.23. The Hall–Kier alpha value is -2.97. The summed E-state index contributed by atoms with van der Waals surface area (Å²) in [5, 5.41) is 5.83. The van der Waals surface area contributed by atoms with E-state index in [4.69, 9.17) is 0 Å². The lowest BCUT2D eigenvalue weighted by Gasteiger charge is -2.25. The lowest BCUT2D eigenvalue weighted by Crippen LogP contribution is -2.40. The predicted molar refractivity (Wildman–Crippen MR) is 122 cm³/mol. The molecule has 0 aliphatic rings. The highest BCUT2D eigenvalue weighted by molar-refractivity contribution is 7.92. The summed E-state index contributed by atoms with van der Waals surface area (Å²) in [5.74, 6) is -0.528. The number of carbonyl (C=O) groups is 1. The number of rotatable bonds is 7. The van der Waals surface area contributed by atoms with Crippen molar-refractivity contribution in [1.82, 2.24) is 5.43 Å². The van der Waals surface area contributed by atoms with Crippen LogP contribution >= 0.6 is 11.3 Å². The van der Waals surface area contributed by atoms with Gasteiger partial charge in [-0.25, -0.2) is 13.8 Å². The number of benzene rings is 2. The third kappa shape index (κ3) is 5.14. The zero-order valence-electron chi connectivity index (χ0n) is 17.0. The quantitative estimate of drug-likeness (QED) is 0.444. The van der Waals surface area contributed by atoms with Crippen molar-refractivity contribution in [2.24, 2.45) is 5.10 Å². The molecule has 8 heteroatoms. The molecule has 0 saturated heterocycles. The number of carbonyl (C=O) groups excluding carboxylic acids is 1. The third-order valence-corrected chi connectivity index (χ3v) is 7.03. The van der Waals surface area contributed by atoms with Crippen LogP contribution in [-0.4, -0.2) is 27.1 Å². The number of amides is 1. The molecule has 0 fully saturated rings. The average Bonchev–Trinajstić information content (AvgIpc) is 3.22. The van der Waals surface area contributed by atoms with Gasteiger partial charge < -0.3 is 0 Å². The van der Waals surface area contributed by atoms with E-state index in [1.807, 2.05) is 50.4 Å². The van der Waals surface area contributed by atoms with Crippen molar-refractivity contribution in [1.29, 1.82) is 0 Å². The Bertz CT molecular complexity index is 1150. The van der Waals surface area contributed by atoms with E-state index in [9.17, 15) is 13.2 Å². The molecule has 0 bridgehead atoms. The standard InChI is InChI=1S/C22H23N3O3S2/c1-16-7-10-20(11-8-16)30(27,28)25(21-13-17(2)6-9-18(21)3)15-22(26)24-23-14-19-5-4-12-29-19/h4-14H,15H2,1-3H3,(H,24,26)/b23-14+. The smallest absolute Gasteiger partial charge is 0.264 e. The first-order chi connectivity index (χ1) is 14.3. The zero-order valence-corrected chi connectivity index (χ0v) is 18.6. The van der Waals surface area contributed by atoms with E-state index in [0.29, 0.717) is 5.69 Å². The molecule has 1 aromatic heterocycles. The average molecular weight is 442 g/mol. The van der Waals surface area contributed by atoms with Gasteiger partial charge in [-0.1, -0.05) is 35.9 Å². The number of hydrogen-bond donors (Lipinski definition) is 1. The summed E-state index contributed by atoms with van der Waals surface area (Å²) >= 11 is 1.48. The minimum atomic E-state index is -3.95. The number of nitrogens with one attached hydrogen (secondary N) is 1. The Balaban J connectivity index is 1.92. The number of nitrogens with zero attached hydrogens (tertiary/aromatic N) is 2. The topological polar surface area (TPSA) is 78.8 Å². The molecule has 30 heavy (non-hydrogen) atoms. The first-order valence-electron chi connectivity index (χ1n) is 9.29. The van der Waals surface area contributed by atoms with Gasteiger partial charge in [0.1, 0.15) is 6.54 Å². The van der Waals surface area contributed by atoms with E-state index in [1.165, 1.54) is 17.6 Å². The summed E-state index contributed by atoms with van der Waals surface area (Å²) in [6, 6.07) is 15.8. The summed E-state index contributed by atoms with van der Waals surface area (Å²) in [4.78, 5) is 13.6. The van der Waals surface area contributed by atoms with Gasteiger partial charge in [0.2, 0.25) is 0 Å². The fraction of sp³-hybridized carbons (Fsp3) is 0.182. The van der Waals surface area contributed by atoms with E-state index in [-0.39, 0.29) is 11.4 Å². The van der Waals surface area contributed by atoms with Gasteiger partial charge in [0.25, 0.3) is 15.9 Å². The van der Waals surface area contributed by atoms with Crippen LogP contribution in [0, 0.1) is 20.8 Å². The van der Waals surface area contributed by atoms with E-state index in [1.54, 1.807) is 30.3 Å². The highest BCUT2D eigenvalue weighted by atomic mass is 32.2. The molecule has 0 atom stereocenters. The summed E-state index contributed by atoms with van der Waals surface area (Å²) in [5.41, 5.74) is 5.49. The van der Waals surface area contributed by atoms with Gasteiger partial charge in [0.05, 0.1) is 16.8 Å². The molecule has 0 aliphatic carbocycles. The SMILES string of the molecule is Cc1ccc(S(=O)(=O)N(CC(=O)N/N=C/c2cccs2)c2cc(C)ccc2C)cc1. The van der Waals surface area contributed by atoms with Crippen molar-refractivity contribution < 1.29 is 13.2 Å². The monoisotopic (exact) mass is 441 g/mol. The molecule has 0 aliphatic heterocycles. The molecular weight excluding hydrogens is 418 g/mol. The summed E-state index contributed by atoms with van der Waals surface area (Å²) in [7, 11) is -3.95. The Morgan fingerprint density at radius 3 is 2.43 bits per heavy atom. The lowest BCUT2D eigenvalue weighted by molar-refractivity contribution is -0.119. The summed E-state index contributed by atoms with van der Waals surface area (Å²) in [6.45, 7) is 5.20. The largest absolute Gasteiger partial charge is 0.271 e. The number of hydrogen-bond acceptors (Lipinski definition) is 5. The summed E-state index contributed by atoms with van der Waals surface area (Å²) < 4.78 is 28.0. The highest BCUT2D eigenvalue weighted by Crippen LogP contribution is 2.28. The molecule has 1 N–H and O–H groups in total. The van der Waals surface area contributed by atoms with Crippen LogP contribution < -0.4 is 9.73 Å². The number of anilines is 1. The number of sulfonamides is 1. The van der Waals surface area contributed by atoms with Crippen molar-refractivity contribution in [2.45, 2.75) is 25.7 Å². The normalized spacial score (nSPS) is 11.6. The molecule has 0 spiro atoms. The maximum atomic E-state index is 13.4. The van der Waals surface area contributed by atoms with Crippen LogP contribution in [0.25, 0.3) is 0 Å². The Labute approximate surface area is 180 Å². The minimum absolute atomic E-state index is 0.129. The van der Waals surface area contributed by atoms with Crippen molar-refractivity contribution in [3.05, 3.63) is 81.5 Å². The summed E-state index contributed by atoms with van der Waals surface area (Å²) in [6.07, 6.45) is 1.53. The number of aryl methyl sites for hydroxylation is 3. The maximum absolute atomic E-state index is 13.4. The number of thiophene rings is 1. The van der Waals surface area contributed by atoms with Gasteiger partial charge in [0.15, 0.2) is 0 Å². The van der Waals surface area contributed by atoms with Gasteiger partial charge in [-0.2, -0.15) is 5.10 Å². The Morgan fingerprint density at radius 2 is 1.77 bits per heavy atom. The minimum Gasteiger partial charge on any atom is -0.271 e. The van der Waals surface area contributed by atoms with Crippen molar-refractivity contribution in [3.8, 4) is 0 Å². The molecule has 156 valence electrons.